The number of anilines is 2. The average Bonchev–Trinajstić information content (AvgIpc) is 3.25. The van der Waals surface area contributed by atoms with Crippen LogP contribution >= 0.6 is 11.8 Å². The van der Waals surface area contributed by atoms with Crippen LogP contribution in [0.25, 0.3) is 0 Å². The lowest BCUT2D eigenvalue weighted by Crippen LogP contribution is -2.49. The molecule has 1 N–H and O–H groups in total. The number of aromatic nitrogens is 2. The normalized spacial score (nSPS) is 19.6. The van der Waals surface area contributed by atoms with Crippen LogP contribution in [0.1, 0.15) is 12.8 Å². The molecule has 2 amide bonds. The number of benzene rings is 2. The molecule has 0 bridgehead atoms. The minimum Gasteiger partial charge on any atom is -0.437 e. The van der Waals surface area contributed by atoms with E-state index in [0.717, 1.165) is 10.6 Å². The lowest BCUT2D eigenvalue weighted by molar-refractivity contribution is -0.121. The van der Waals surface area contributed by atoms with E-state index in [4.69, 9.17) is 4.74 Å². The van der Waals surface area contributed by atoms with Gasteiger partial charge in [0.1, 0.15) is 5.75 Å². The number of fused-ring (bicyclic) bond motifs is 3. The number of carbonyl (C=O) groups is 2. The maximum atomic E-state index is 13.3. The molecule has 1 aromatic heterocycles. The Kier molecular flexibility index (Phi) is 4.21. The second-order valence-corrected chi connectivity index (χ2v) is 8.03. The summed E-state index contributed by atoms with van der Waals surface area (Å²) in [5, 5.41) is 2.96. The summed E-state index contributed by atoms with van der Waals surface area (Å²) in [5.41, 5.74) is 1.39. The molecule has 8 heteroatoms. The zero-order valence-electron chi connectivity index (χ0n) is 15.2. The van der Waals surface area contributed by atoms with Crippen molar-refractivity contribution in [3.63, 3.8) is 0 Å². The van der Waals surface area contributed by atoms with Crippen LogP contribution in [0.3, 0.4) is 0 Å². The zero-order valence-corrected chi connectivity index (χ0v) is 16.1. The van der Waals surface area contributed by atoms with Crippen LogP contribution in [0, 0.1) is 0 Å². The maximum Gasteiger partial charge on any atom is 0.261 e. The molecule has 144 valence electrons. The highest BCUT2D eigenvalue weighted by molar-refractivity contribution is 8.02. The van der Waals surface area contributed by atoms with E-state index < -0.39 is 4.87 Å². The minimum absolute atomic E-state index is 0.0302. The third-order valence-electron chi connectivity index (χ3n) is 4.88. The first-order valence-corrected chi connectivity index (χ1v) is 9.94. The Hall–Kier alpha value is -3.39. The van der Waals surface area contributed by atoms with Crippen molar-refractivity contribution < 1.29 is 14.3 Å². The van der Waals surface area contributed by atoms with Crippen molar-refractivity contribution in [1.29, 1.82) is 0 Å². The highest BCUT2D eigenvalue weighted by Crippen LogP contribution is 2.56. The molecule has 1 saturated heterocycles. The highest BCUT2D eigenvalue weighted by atomic mass is 32.2. The monoisotopic (exact) mass is 404 g/mol. The van der Waals surface area contributed by atoms with Crippen LogP contribution in [0.2, 0.25) is 0 Å². The molecule has 2 aromatic carbocycles. The van der Waals surface area contributed by atoms with Gasteiger partial charge in [-0.2, -0.15) is 0 Å². The van der Waals surface area contributed by atoms with Gasteiger partial charge < -0.3 is 10.1 Å². The third-order valence-corrected chi connectivity index (χ3v) is 6.36. The second kappa shape index (κ2) is 6.89. The summed E-state index contributed by atoms with van der Waals surface area (Å²) >= 11 is 1.44. The Balaban J connectivity index is 1.40. The zero-order chi connectivity index (χ0) is 19.8. The van der Waals surface area contributed by atoms with E-state index in [1.54, 1.807) is 41.6 Å². The molecular formula is C21H16N4O3S. The smallest absolute Gasteiger partial charge is 0.261 e. The van der Waals surface area contributed by atoms with Gasteiger partial charge in [-0.3, -0.25) is 19.5 Å². The molecule has 1 atom stereocenters. The predicted octanol–water partition coefficient (Wildman–Crippen LogP) is 3.84. The van der Waals surface area contributed by atoms with Crippen LogP contribution in [-0.2, 0) is 9.59 Å². The van der Waals surface area contributed by atoms with Gasteiger partial charge in [-0.15, -0.1) is 0 Å². The minimum atomic E-state index is -0.956. The van der Waals surface area contributed by atoms with Crippen molar-refractivity contribution in [1.82, 2.24) is 9.97 Å². The van der Waals surface area contributed by atoms with Gasteiger partial charge in [-0.05, 0) is 30.7 Å². The number of hydrogen-bond donors (Lipinski definition) is 1. The molecule has 2 aliphatic rings. The van der Waals surface area contributed by atoms with E-state index in [2.05, 4.69) is 15.3 Å². The fraction of sp³-hybridized carbons (Fsp3) is 0.143. The van der Waals surface area contributed by atoms with Crippen LogP contribution in [0.15, 0.2) is 72.0 Å². The van der Waals surface area contributed by atoms with Crippen molar-refractivity contribution in [3.05, 3.63) is 67.1 Å². The molecule has 0 spiro atoms. The molecule has 0 saturated carbocycles. The van der Waals surface area contributed by atoms with Crippen LogP contribution in [0.5, 0.6) is 11.6 Å². The van der Waals surface area contributed by atoms with Gasteiger partial charge in [-0.1, -0.05) is 30.0 Å². The van der Waals surface area contributed by atoms with Gasteiger partial charge in [0.25, 0.3) is 5.91 Å². The number of nitrogens with zero attached hydrogens (tertiary/aromatic N) is 3. The first-order valence-electron chi connectivity index (χ1n) is 9.12. The summed E-state index contributed by atoms with van der Waals surface area (Å²) in [6.45, 7) is 0. The Morgan fingerprint density at radius 2 is 2.07 bits per heavy atom. The van der Waals surface area contributed by atoms with Crippen LogP contribution < -0.4 is 15.0 Å². The van der Waals surface area contributed by atoms with Crippen molar-refractivity contribution in [2.75, 3.05) is 10.2 Å². The first kappa shape index (κ1) is 17.7. The predicted molar refractivity (Wildman–Crippen MR) is 109 cm³/mol. The van der Waals surface area contributed by atoms with E-state index in [1.165, 1.54) is 18.0 Å². The average molecular weight is 404 g/mol. The fourth-order valence-electron chi connectivity index (χ4n) is 3.62. The first-order chi connectivity index (χ1) is 14.2. The number of amides is 2. The summed E-state index contributed by atoms with van der Waals surface area (Å²) in [6.07, 6.45) is 5.44. The Labute approximate surface area is 171 Å². The number of carbonyl (C=O) groups excluding carboxylic acids is 2. The molecule has 3 heterocycles. The van der Waals surface area contributed by atoms with Crippen molar-refractivity contribution in [2.45, 2.75) is 22.6 Å². The number of hydrogen-bond acceptors (Lipinski definition) is 6. The van der Waals surface area contributed by atoms with Crippen molar-refractivity contribution >= 4 is 35.0 Å². The highest BCUT2D eigenvalue weighted by Gasteiger charge is 2.57. The Bertz CT molecular complexity index is 1110. The molecule has 2 aliphatic heterocycles. The van der Waals surface area contributed by atoms with Gasteiger partial charge in [0.2, 0.25) is 11.8 Å². The second-order valence-electron chi connectivity index (χ2n) is 6.71. The van der Waals surface area contributed by atoms with E-state index in [9.17, 15) is 9.59 Å². The number of ether oxygens (including phenoxy) is 1. The SMILES string of the molecule is O=C1CCC2(C(=O)Nc3cccc(Oc4cnccn4)c3)Sc3ccccc3N12. The summed E-state index contributed by atoms with van der Waals surface area (Å²) in [7, 11) is 0. The van der Waals surface area contributed by atoms with E-state index in [0.29, 0.717) is 30.2 Å². The van der Waals surface area contributed by atoms with Gasteiger partial charge >= 0.3 is 0 Å². The van der Waals surface area contributed by atoms with Gasteiger partial charge in [0.15, 0.2) is 4.87 Å². The summed E-state index contributed by atoms with van der Waals surface area (Å²) in [6, 6.07) is 14.7. The standard InChI is InChI=1S/C21H16N4O3S/c26-19-8-9-21(25(19)16-6-1-2-7-17(16)29-21)20(27)24-14-4-3-5-15(12-14)28-18-13-22-10-11-23-18/h1-7,10-13H,8-9H2,(H,24,27). The summed E-state index contributed by atoms with van der Waals surface area (Å²) in [5.74, 6) is 0.644. The molecule has 7 nitrogen and oxygen atoms in total. The molecule has 1 unspecified atom stereocenters. The molecule has 29 heavy (non-hydrogen) atoms. The topological polar surface area (TPSA) is 84.4 Å². The molecule has 1 fully saturated rings. The lowest BCUT2D eigenvalue weighted by atomic mass is 10.1. The number of thioether (sulfide) groups is 1. The van der Waals surface area contributed by atoms with Gasteiger partial charge in [-0.25, -0.2) is 4.98 Å². The Morgan fingerprint density at radius 1 is 1.17 bits per heavy atom. The van der Waals surface area contributed by atoms with Crippen molar-refractivity contribution in [2.24, 2.45) is 0 Å². The third kappa shape index (κ3) is 3.01. The van der Waals surface area contributed by atoms with Gasteiger partial charge in [0.05, 0.1) is 11.9 Å². The quantitative estimate of drug-likeness (QED) is 0.711. The van der Waals surface area contributed by atoms with E-state index >= 15 is 0 Å². The Morgan fingerprint density at radius 3 is 2.93 bits per heavy atom. The molecule has 5 rings (SSSR count). The molecule has 3 aromatic rings. The molecular weight excluding hydrogens is 388 g/mol. The number of nitrogens with one attached hydrogen (secondary N) is 1. The number of rotatable bonds is 4. The summed E-state index contributed by atoms with van der Waals surface area (Å²) < 4.78 is 5.68. The fourth-order valence-corrected chi connectivity index (χ4v) is 5.04. The van der Waals surface area contributed by atoms with E-state index in [-0.39, 0.29) is 11.8 Å². The van der Waals surface area contributed by atoms with Gasteiger partial charge in [0, 0.05) is 35.5 Å². The van der Waals surface area contributed by atoms with Crippen molar-refractivity contribution in [3.8, 4) is 11.6 Å². The number of para-hydroxylation sites is 1. The molecule has 0 aliphatic carbocycles. The maximum absolute atomic E-state index is 13.3. The van der Waals surface area contributed by atoms with Crippen LogP contribution in [0.4, 0.5) is 11.4 Å². The molecule has 0 radical (unpaired) electrons. The largest absolute Gasteiger partial charge is 0.437 e. The van der Waals surface area contributed by atoms with Crippen LogP contribution in [-0.4, -0.2) is 26.7 Å². The summed E-state index contributed by atoms with van der Waals surface area (Å²) in [4.78, 5) is 35.5. The lowest BCUT2D eigenvalue weighted by Gasteiger charge is -2.29. The van der Waals surface area contributed by atoms with E-state index in [1.807, 2.05) is 24.3 Å².